The highest BCUT2D eigenvalue weighted by Gasteiger charge is 2.16. The summed E-state index contributed by atoms with van der Waals surface area (Å²) >= 11 is 5.87. The Hall–Kier alpha value is -3.08. The van der Waals surface area contributed by atoms with E-state index in [4.69, 9.17) is 31.1 Å². The number of carbonyl (C=O) groups is 2. The summed E-state index contributed by atoms with van der Waals surface area (Å²) in [4.78, 5) is 24.1. The van der Waals surface area contributed by atoms with Crippen molar-refractivity contribution in [1.82, 2.24) is 0 Å². The number of esters is 1. The predicted octanol–water partition coefficient (Wildman–Crippen LogP) is 3.56. The molecular formula is C21H19ClN2O5. The number of benzene rings is 2. The number of nitriles is 1. The van der Waals surface area contributed by atoms with Crippen molar-refractivity contribution < 1.29 is 23.8 Å². The largest absolute Gasteiger partial charge is 0.491 e. The minimum atomic E-state index is -0.641. The van der Waals surface area contributed by atoms with Gasteiger partial charge in [0.05, 0.1) is 22.9 Å². The van der Waals surface area contributed by atoms with Crippen molar-refractivity contribution in [2.24, 2.45) is 0 Å². The molecule has 1 aliphatic heterocycles. The molecule has 150 valence electrons. The smallest absolute Gasteiger partial charge is 0.338 e. The summed E-state index contributed by atoms with van der Waals surface area (Å²) in [5.41, 5.74) is 0.809. The van der Waals surface area contributed by atoms with Crippen LogP contribution in [0.1, 0.15) is 28.8 Å². The minimum Gasteiger partial charge on any atom is -0.491 e. The third-order valence-electron chi connectivity index (χ3n) is 4.26. The maximum atomic E-state index is 12.1. The van der Waals surface area contributed by atoms with Gasteiger partial charge < -0.3 is 19.5 Å². The Morgan fingerprint density at radius 2 is 2.03 bits per heavy atom. The maximum absolute atomic E-state index is 12.1. The number of nitrogens with zero attached hydrogens (tertiary/aromatic N) is 1. The summed E-state index contributed by atoms with van der Waals surface area (Å²) in [5, 5.41) is 11.9. The predicted molar refractivity (Wildman–Crippen MR) is 106 cm³/mol. The number of anilines is 1. The van der Waals surface area contributed by atoms with Crippen molar-refractivity contribution in [1.29, 1.82) is 5.26 Å². The lowest BCUT2D eigenvalue weighted by Crippen LogP contribution is -2.21. The van der Waals surface area contributed by atoms with Crippen LogP contribution < -0.4 is 10.1 Å². The van der Waals surface area contributed by atoms with Gasteiger partial charge in [-0.05, 0) is 55.3 Å². The van der Waals surface area contributed by atoms with E-state index >= 15 is 0 Å². The van der Waals surface area contributed by atoms with Crippen molar-refractivity contribution in [2.75, 3.05) is 25.1 Å². The Bertz CT molecular complexity index is 918. The summed E-state index contributed by atoms with van der Waals surface area (Å²) in [6.45, 7) is 0.743. The third-order valence-corrected chi connectivity index (χ3v) is 4.50. The molecule has 1 fully saturated rings. The van der Waals surface area contributed by atoms with Gasteiger partial charge in [-0.2, -0.15) is 5.26 Å². The first-order chi connectivity index (χ1) is 14.0. The van der Waals surface area contributed by atoms with Crippen molar-refractivity contribution in [2.45, 2.75) is 18.9 Å². The molecule has 0 aliphatic carbocycles. The van der Waals surface area contributed by atoms with Crippen molar-refractivity contribution >= 4 is 29.2 Å². The molecule has 0 bridgehead atoms. The second-order valence-electron chi connectivity index (χ2n) is 6.40. The highest BCUT2D eigenvalue weighted by molar-refractivity contribution is 6.31. The van der Waals surface area contributed by atoms with Crippen LogP contribution >= 0.6 is 11.6 Å². The molecule has 2 aromatic rings. The molecule has 1 aliphatic rings. The van der Waals surface area contributed by atoms with E-state index in [0.29, 0.717) is 22.9 Å². The fourth-order valence-corrected chi connectivity index (χ4v) is 2.94. The van der Waals surface area contributed by atoms with E-state index in [-0.39, 0.29) is 17.4 Å². The average molecular weight is 415 g/mol. The molecule has 0 radical (unpaired) electrons. The quantitative estimate of drug-likeness (QED) is 0.695. The molecule has 0 spiro atoms. The average Bonchev–Trinajstić information content (AvgIpc) is 3.25. The van der Waals surface area contributed by atoms with Gasteiger partial charge in [0.1, 0.15) is 18.4 Å². The molecular weight excluding hydrogens is 396 g/mol. The fourth-order valence-electron chi connectivity index (χ4n) is 2.77. The van der Waals surface area contributed by atoms with Crippen LogP contribution in [0.2, 0.25) is 5.02 Å². The zero-order valence-corrected chi connectivity index (χ0v) is 16.3. The lowest BCUT2D eigenvalue weighted by molar-refractivity contribution is -0.119. The van der Waals surface area contributed by atoms with E-state index in [1.165, 1.54) is 12.1 Å². The molecule has 2 aromatic carbocycles. The zero-order chi connectivity index (χ0) is 20.6. The monoisotopic (exact) mass is 414 g/mol. The number of nitrogens with one attached hydrogen (secondary N) is 1. The van der Waals surface area contributed by atoms with Crippen LogP contribution in [0, 0.1) is 11.3 Å². The number of hydrogen-bond donors (Lipinski definition) is 1. The SMILES string of the molecule is N#Cc1ccc(Cl)cc1NC(=O)COC(=O)c1ccc(OC[C@@H]2CCCO2)cc1. The van der Waals surface area contributed by atoms with Crippen LogP contribution in [0.15, 0.2) is 42.5 Å². The van der Waals surface area contributed by atoms with E-state index in [1.54, 1.807) is 30.3 Å². The second-order valence-corrected chi connectivity index (χ2v) is 6.83. The molecule has 1 amide bonds. The summed E-state index contributed by atoms with van der Waals surface area (Å²) in [5.74, 6) is -0.592. The molecule has 29 heavy (non-hydrogen) atoms. The minimum absolute atomic E-state index is 0.110. The zero-order valence-electron chi connectivity index (χ0n) is 15.5. The highest BCUT2D eigenvalue weighted by Crippen LogP contribution is 2.20. The molecule has 1 saturated heterocycles. The van der Waals surface area contributed by atoms with Gasteiger partial charge in [-0.15, -0.1) is 0 Å². The van der Waals surface area contributed by atoms with Crippen molar-refractivity contribution in [3.8, 4) is 11.8 Å². The Kier molecular flexibility index (Phi) is 7.06. The highest BCUT2D eigenvalue weighted by atomic mass is 35.5. The molecule has 1 atom stereocenters. The van der Waals surface area contributed by atoms with Gasteiger partial charge in [-0.25, -0.2) is 4.79 Å². The van der Waals surface area contributed by atoms with Gasteiger partial charge in [0.2, 0.25) is 0 Å². The summed E-state index contributed by atoms with van der Waals surface area (Å²) < 4.78 is 16.2. The third kappa shape index (κ3) is 5.95. The Morgan fingerprint density at radius 1 is 1.24 bits per heavy atom. The van der Waals surface area contributed by atoms with Crippen LogP contribution in [0.25, 0.3) is 0 Å². The standard InChI is InChI=1S/C21H19ClN2O5/c22-16-6-3-15(11-23)19(10-16)24-20(25)13-29-21(26)14-4-7-17(8-5-14)28-12-18-2-1-9-27-18/h3-8,10,18H,1-2,9,12-13H2,(H,24,25)/t18-/m0/s1. The molecule has 1 N–H and O–H groups in total. The summed E-state index contributed by atoms with van der Waals surface area (Å²) in [6.07, 6.45) is 2.14. The lowest BCUT2D eigenvalue weighted by Gasteiger charge is -2.11. The molecule has 7 nitrogen and oxygen atoms in total. The van der Waals surface area contributed by atoms with E-state index in [2.05, 4.69) is 5.32 Å². The van der Waals surface area contributed by atoms with Gasteiger partial charge in [-0.1, -0.05) is 11.6 Å². The van der Waals surface area contributed by atoms with Gasteiger partial charge in [0, 0.05) is 11.6 Å². The van der Waals surface area contributed by atoms with Gasteiger partial charge >= 0.3 is 5.97 Å². The Labute approximate surface area is 173 Å². The van der Waals surface area contributed by atoms with E-state index in [1.807, 2.05) is 6.07 Å². The molecule has 0 unspecified atom stereocenters. The fraction of sp³-hybridized carbons (Fsp3) is 0.286. The van der Waals surface area contributed by atoms with Crippen LogP contribution in [-0.4, -0.2) is 37.8 Å². The first kappa shape index (κ1) is 20.6. The van der Waals surface area contributed by atoms with Crippen LogP contribution in [0.4, 0.5) is 5.69 Å². The lowest BCUT2D eigenvalue weighted by atomic mass is 10.2. The van der Waals surface area contributed by atoms with Gasteiger partial charge in [-0.3, -0.25) is 4.79 Å². The molecule has 1 heterocycles. The first-order valence-electron chi connectivity index (χ1n) is 9.06. The first-order valence-corrected chi connectivity index (χ1v) is 9.44. The maximum Gasteiger partial charge on any atom is 0.338 e. The van der Waals surface area contributed by atoms with Crippen molar-refractivity contribution in [3.63, 3.8) is 0 Å². The van der Waals surface area contributed by atoms with E-state index < -0.39 is 18.5 Å². The number of halogens is 1. The summed E-state index contributed by atoms with van der Waals surface area (Å²) in [7, 11) is 0. The van der Waals surface area contributed by atoms with Gasteiger partial charge in [0.15, 0.2) is 6.61 Å². The number of ether oxygens (including phenoxy) is 3. The number of carbonyl (C=O) groups excluding carboxylic acids is 2. The number of hydrogen-bond acceptors (Lipinski definition) is 6. The van der Waals surface area contributed by atoms with Gasteiger partial charge in [0.25, 0.3) is 5.91 Å². The molecule has 0 saturated carbocycles. The second kappa shape index (κ2) is 9.92. The van der Waals surface area contributed by atoms with Crippen LogP contribution in [0.3, 0.4) is 0 Å². The number of rotatable bonds is 7. The Morgan fingerprint density at radius 3 is 2.72 bits per heavy atom. The van der Waals surface area contributed by atoms with Crippen LogP contribution in [0.5, 0.6) is 5.75 Å². The van der Waals surface area contributed by atoms with E-state index in [9.17, 15) is 9.59 Å². The molecule has 3 rings (SSSR count). The molecule has 8 heteroatoms. The normalized spacial score (nSPS) is 15.4. The topological polar surface area (TPSA) is 97.7 Å². The Balaban J connectivity index is 1.48. The van der Waals surface area contributed by atoms with Crippen molar-refractivity contribution in [3.05, 3.63) is 58.6 Å². The molecule has 0 aromatic heterocycles. The number of amides is 1. The summed E-state index contributed by atoms with van der Waals surface area (Å²) in [6, 6.07) is 12.9. The van der Waals surface area contributed by atoms with Crippen LogP contribution in [-0.2, 0) is 14.3 Å². The van der Waals surface area contributed by atoms with E-state index in [0.717, 1.165) is 19.4 Å².